The third-order valence-corrected chi connectivity index (χ3v) is 2.48. The number of nitrogens with one attached hydrogen (secondary N) is 1. The van der Waals surface area contributed by atoms with Crippen LogP contribution in [0.15, 0.2) is 42.7 Å². The lowest BCUT2D eigenvalue weighted by atomic mass is 10.3. The maximum atomic E-state index is 5.74. The van der Waals surface area contributed by atoms with Crippen LogP contribution in [0.2, 0.25) is 5.15 Å². The van der Waals surface area contributed by atoms with Crippen molar-refractivity contribution in [3.8, 4) is 0 Å². The van der Waals surface area contributed by atoms with Crippen molar-refractivity contribution >= 4 is 34.4 Å². The Hall–Kier alpha value is -2.27. The Morgan fingerprint density at radius 3 is 2.61 bits per heavy atom. The van der Waals surface area contributed by atoms with Crippen molar-refractivity contribution in [3.05, 3.63) is 47.9 Å². The summed E-state index contributed by atoms with van der Waals surface area (Å²) >= 11 is 5.74. The molecule has 18 heavy (non-hydrogen) atoms. The number of aromatic nitrogens is 4. The monoisotopic (exact) mass is 257 g/mol. The molecule has 0 aliphatic heterocycles. The number of nitrogens with zero attached hydrogens (tertiary/aromatic N) is 4. The molecule has 0 bridgehead atoms. The Balaban J connectivity index is 1.96. The molecule has 6 heteroatoms. The average Bonchev–Trinajstić information content (AvgIpc) is 2.40. The van der Waals surface area contributed by atoms with Crippen LogP contribution >= 0.6 is 11.6 Å². The Bertz CT molecular complexity index is 686. The first-order valence-corrected chi connectivity index (χ1v) is 5.66. The lowest BCUT2D eigenvalue weighted by Crippen LogP contribution is -1.98. The molecule has 0 aliphatic carbocycles. The molecule has 0 saturated carbocycles. The number of anilines is 2. The first-order valence-electron chi connectivity index (χ1n) is 5.29. The highest BCUT2D eigenvalue weighted by Crippen LogP contribution is 2.14. The zero-order valence-corrected chi connectivity index (χ0v) is 9.96. The Kier molecular flexibility index (Phi) is 2.74. The molecule has 0 aliphatic rings. The number of hydrogen-bond donors (Lipinski definition) is 1. The molecule has 0 fully saturated rings. The first kappa shape index (κ1) is 10.9. The summed E-state index contributed by atoms with van der Waals surface area (Å²) in [5, 5.41) is 3.42. The van der Waals surface area contributed by atoms with Gasteiger partial charge in [0.1, 0.15) is 10.7 Å². The topological polar surface area (TPSA) is 63.6 Å². The summed E-state index contributed by atoms with van der Waals surface area (Å²) < 4.78 is 0. The highest BCUT2D eigenvalue weighted by molar-refractivity contribution is 6.29. The van der Waals surface area contributed by atoms with E-state index in [2.05, 4.69) is 25.3 Å². The van der Waals surface area contributed by atoms with Gasteiger partial charge in [0, 0.05) is 5.69 Å². The van der Waals surface area contributed by atoms with Gasteiger partial charge in [-0.25, -0.2) is 15.0 Å². The molecule has 2 aromatic heterocycles. The SMILES string of the molecule is Clc1cnc2nc(Nc3ccccc3)ncc2n1. The van der Waals surface area contributed by atoms with Crippen molar-refractivity contribution in [1.29, 1.82) is 0 Å². The summed E-state index contributed by atoms with van der Waals surface area (Å²) in [6.45, 7) is 0. The van der Waals surface area contributed by atoms with Gasteiger partial charge in [0.05, 0.1) is 12.4 Å². The normalized spacial score (nSPS) is 10.5. The third kappa shape index (κ3) is 2.21. The van der Waals surface area contributed by atoms with E-state index in [1.165, 1.54) is 6.20 Å². The van der Waals surface area contributed by atoms with Gasteiger partial charge < -0.3 is 5.32 Å². The molecule has 3 rings (SSSR count). The van der Waals surface area contributed by atoms with Crippen molar-refractivity contribution in [3.63, 3.8) is 0 Å². The standard InChI is InChI=1S/C12H8ClN5/c13-10-7-14-11-9(17-10)6-15-12(18-11)16-8-4-2-1-3-5-8/h1-7H,(H,14,15,16,18). The van der Waals surface area contributed by atoms with E-state index in [9.17, 15) is 0 Å². The number of para-hydroxylation sites is 1. The highest BCUT2D eigenvalue weighted by Gasteiger charge is 2.03. The summed E-state index contributed by atoms with van der Waals surface area (Å²) in [7, 11) is 0. The summed E-state index contributed by atoms with van der Waals surface area (Å²) in [5.41, 5.74) is 1.99. The highest BCUT2D eigenvalue weighted by atomic mass is 35.5. The van der Waals surface area contributed by atoms with E-state index >= 15 is 0 Å². The van der Waals surface area contributed by atoms with E-state index in [0.29, 0.717) is 22.3 Å². The number of benzene rings is 1. The van der Waals surface area contributed by atoms with Crippen LogP contribution in [-0.2, 0) is 0 Å². The number of hydrogen-bond acceptors (Lipinski definition) is 5. The minimum Gasteiger partial charge on any atom is -0.324 e. The minimum absolute atomic E-state index is 0.329. The van der Waals surface area contributed by atoms with Crippen LogP contribution in [0.5, 0.6) is 0 Å². The fourth-order valence-electron chi connectivity index (χ4n) is 1.51. The summed E-state index contributed by atoms with van der Waals surface area (Å²) in [5.74, 6) is 0.477. The Morgan fingerprint density at radius 1 is 0.944 bits per heavy atom. The second-order valence-electron chi connectivity index (χ2n) is 3.59. The second-order valence-corrected chi connectivity index (χ2v) is 3.97. The largest absolute Gasteiger partial charge is 0.324 e. The summed E-state index contributed by atoms with van der Waals surface area (Å²) in [6, 6.07) is 9.67. The van der Waals surface area contributed by atoms with Crippen molar-refractivity contribution < 1.29 is 0 Å². The van der Waals surface area contributed by atoms with Crippen LogP contribution in [0.1, 0.15) is 0 Å². The van der Waals surface area contributed by atoms with Crippen LogP contribution < -0.4 is 5.32 Å². The van der Waals surface area contributed by atoms with Crippen molar-refractivity contribution in [2.24, 2.45) is 0 Å². The van der Waals surface area contributed by atoms with E-state index in [-0.39, 0.29) is 0 Å². The molecular weight excluding hydrogens is 250 g/mol. The quantitative estimate of drug-likeness (QED) is 0.765. The summed E-state index contributed by atoms with van der Waals surface area (Å²) in [4.78, 5) is 16.6. The molecule has 3 aromatic rings. The fraction of sp³-hybridized carbons (Fsp3) is 0. The molecular formula is C12H8ClN5. The minimum atomic E-state index is 0.329. The molecule has 0 spiro atoms. The van der Waals surface area contributed by atoms with Crippen LogP contribution in [-0.4, -0.2) is 19.9 Å². The Labute approximate surface area is 108 Å². The van der Waals surface area contributed by atoms with Gasteiger partial charge in [0.2, 0.25) is 5.95 Å². The van der Waals surface area contributed by atoms with Gasteiger partial charge in [-0.05, 0) is 12.1 Å². The number of fused-ring (bicyclic) bond motifs is 1. The van der Waals surface area contributed by atoms with Gasteiger partial charge in [-0.2, -0.15) is 4.98 Å². The van der Waals surface area contributed by atoms with Gasteiger partial charge in [-0.1, -0.05) is 29.8 Å². The molecule has 0 unspecified atom stereocenters. The molecule has 1 N–H and O–H groups in total. The zero-order valence-electron chi connectivity index (χ0n) is 9.21. The van der Waals surface area contributed by atoms with Crippen LogP contribution in [0.4, 0.5) is 11.6 Å². The van der Waals surface area contributed by atoms with Crippen LogP contribution in [0, 0.1) is 0 Å². The molecule has 0 radical (unpaired) electrons. The fourth-order valence-corrected chi connectivity index (χ4v) is 1.65. The number of rotatable bonds is 2. The van der Waals surface area contributed by atoms with E-state index in [4.69, 9.17) is 11.6 Å². The lowest BCUT2D eigenvalue weighted by molar-refractivity contribution is 1.15. The molecule has 0 atom stereocenters. The van der Waals surface area contributed by atoms with E-state index in [0.717, 1.165) is 5.69 Å². The van der Waals surface area contributed by atoms with Gasteiger partial charge in [0.15, 0.2) is 5.65 Å². The van der Waals surface area contributed by atoms with E-state index < -0.39 is 0 Å². The van der Waals surface area contributed by atoms with Crippen molar-refractivity contribution in [2.45, 2.75) is 0 Å². The summed E-state index contributed by atoms with van der Waals surface area (Å²) in [6.07, 6.45) is 3.05. The molecule has 0 amide bonds. The van der Waals surface area contributed by atoms with Crippen LogP contribution in [0.25, 0.3) is 11.2 Å². The maximum absolute atomic E-state index is 5.74. The van der Waals surface area contributed by atoms with Gasteiger partial charge in [-0.3, -0.25) is 0 Å². The second kappa shape index (κ2) is 4.54. The smallest absolute Gasteiger partial charge is 0.229 e. The molecule has 2 heterocycles. The molecule has 88 valence electrons. The van der Waals surface area contributed by atoms with Gasteiger partial charge in [-0.15, -0.1) is 0 Å². The van der Waals surface area contributed by atoms with Gasteiger partial charge >= 0.3 is 0 Å². The zero-order chi connectivity index (χ0) is 12.4. The first-order chi connectivity index (χ1) is 8.81. The number of halogens is 1. The predicted molar refractivity (Wildman–Crippen MR) is 69.9 cm³/mol. The van der Waals surface area contributed by atoms with Crippen molar-refractivity contribution in [1.82, 2.24) is 19.9 Å². The third-order valence-electron chi connectivity index (χ3n) is 2.30. The maximum Gasteiger partial charge on any atom is 0.229 e. The van der Waals surface area contributed by atoms with E-state index in [1.54, 1.807) is 6.20 Å². The average molecular weight is 258 g/mol. The van der Waals surface area contributed by atoms with Crippen molar-refractivity contribution in [2.75, 3.05) is 5.32 Å². The lowest BCUT2D eigenvalue weighted by Gasteiger charge is -2.04. The van der Waals surface area contributed by atoms with Crippen LogP contribution in [0.3, 0.4) is 0 Å². The molecule has 1 aromatic carbocycles. The van der Waals surface area contributed by atoms with E-state index in [1.807, 2.05) is 30.3 Å². The predicted octanol–water partition coefficient (Wildman–Crippen LogP) is 2.82. The Morgan fingerprint density at radius 2 is 1.78 bits per heavy atom. The molecule has 5 nitrogen and oxygen atoms in total. The molecule has 0 saturated heterocycles. The van der Waals surface area contributed by atoms with Gasteiger partial charge in [0.25, 0.3) is 0 Å².